The number of halogens is 1. The quantitative estimate of drug-likeness (QED) is 0.800. The molecule has 0 aliphatic rings. The predicted molar refractivity (Wildman–Crippen MR) is 77.8 cm³/mol. The molecular formula is C16H13FN2O2. The minimum Gasteiger partial charge on any atom is -0.478 e. The molecule has 0 bridgehead atoms. The highest BCUT2D eigenvalue weighted by Crippen LogP contribution is 2.28. The number of benzene rings is 2. The van der Waals surface area contributed by atoms with Gasteiger partial charge in [-0.1, -0.05) is 18.2 Å². The molecule has 1 aromatic heterocycles. The Morgan fingerprint density at radius 2 is 2.05 bits per heavy atom. The minimum absolute atomic E-state index is 0.183. The van der Waals surface area contributed by atoms with Crippen molar-refractivity contribution in [1.29, 1.82) is 0 Å². The first-order chi connectivity index (χ1) is 10.1. The van der Waals surface area contributed by atoms with Gasteiger partial charge in [-0.3, -0.25) is 0 Å². The Bertz CT molecular complexity index is 839. The number of carbonyl (C=O) groups is 1. The monoisotopic (exact) mass is 284 g/mol. The molecule has 0 amide bonds. The number of rotatable bonds is 3. The van der Waals surface area contributed by atoms with Crippen LogP contribution in [0.15, 0.2) is 42.5 Å². The van der Waals surface area contributed by atoms with E-state index in [9.17, 15) is 14.3 Å². The number of aromatic carboxylic acids is 1. The normalized spacial score (nSPS) is 11.0. The van der Waals surface area contributed by atoms with E-state index in [0.29, 0.717) is 29.0 Å². The number of carboxylic acid groups (broad SMARTS) is 1. The number of nitrogens with zero attached hydrogens (tertiary/aromatic N) is 2. The summed E-state index contributed by atoms with van der Waals surface area (Å²) in [7, 11) is 0. The summed E-state index contributed by atoms with van der Waals surface area (Å²) in [6.45, 7) is 2.49. The first-order valence-electron chi connectivity index (χ1n) is 6.60. The average molecular weight is 284 g/mol. The van der Waals surface area contributed by atoms with Crippen LogP contribution in [0.3, 0.4) is 0 Å². The van der Waals surface area contributed by atoms with Gasteiger partial charge < -0.3 is 9.67 Å². The molecule has 1 heterocycles. The number of hydrogen-bond acceptors (Lipinski definition) is 2. The zero-order valence-corrected chi connectivity index (χ0v) is 11.4. The summed E-state index contributed by atoms with van der Waals surface area (Å²) in [5.74, 6) is -0.808. The molecule has 21 heavy (non-hydrogen) atoms. The van der Waals surface area contributed by atoms with Gasteiger partial charge in [0.25, 0.3) is 0 Å². The fourth-order valence-electron chi connectivity index (χ4n) is 2.49. The lowest BCUT2D eigenvalue weighted by Gasteiger charge is -2.08. The Morgan fingerprint density at radius 1 is 1.29 bits per heavy atom. The highest BCUT2D eigenvalue weighted by molar-refractivity contribution is 5.96. The molecule has 106 valence electrons. The summed E-state index contributed by atoms with van der Waals surface area (Å²) in [4.78, 5) is 15.8. The van der Waals surface area contributed by atoms with Crippen molar-refractivity contribution in [1.82, 2.24) is 9.55 Å². The van der Waals surface area contributed by atoms with Crippen LogP contribution in [0.1, 0.15) is 17.3 Å². The SMILES string of the molecule is CCn1c(-c2ccccc2C(=O)O)nc2ccc(F)cc21. The summed E-state index contributed by atoms with van der Waals surface area (Å²) in [5.41, 5.74) is 2.02. The Kier molecular flexibility index (Phi) is 3.17. The first-order valence-corrected chi connectivity index (χ1v) is 6.60. The maximum atomic E-state index is 13.4. The number of aromatic nitrogens is 2. The molecule has 4 nitrogen and oxygen atoms in total. The molecule has 5 heteroatoms. The van der Waals surface area contributed by atoms with Gasteiger partial charge in [-0.05, 0) is 31.2 Å². The minimum atomic E-state index is -1.01. The second kappa shape index (κ2) is 5.01. The van der Waals surface area contributed by atoms with Crippen LogP contribution in [0.25, 0.3) is 22.4 Å². The molecular weight excluding hydrogens is 271 g/mol. The van der Waals surface area contributed by atoms with Gasteiger partial charge in [-0.25, -0.2) is 14.2 Å². The van der Waals surface area contributed by atoms with Crippen molar-refractivity contribution in [2.75, 3.05) is 0 Å². The van der Waals surface area contributed by atoms with Crippen molar-refractivity contribution >= 4 is 17.0 Å². The number of fused-ring (bicyclic) bond motifs is 1. The Balaban J connectivity index is 2.33. The zero-order valence-electron chi connectivity index (χ0n) is 11.4. The van der Waals surface area contributed by atoms with Gasteiger partial charge >= 0.3 is 5.97 Å². The van der Waals surface area contributed by atoms with Gasteiger partial charge in [0.2, 0.25) is 0 Å². The van der Waals surface area contributed by atoms with E-state index in [1.807, 2.05) is 11.5 Å². The third-order valence-electron chi connectivity index (χ3n) is 3.42. The second-order valence-corrected chi connectivity index (χ2v) is 4.66. The summed E-state index contributed by atoms with van der Waals surface area (Å²) in [5, 5.41) is 9.31. The molecule has 0 aliphatic heterocycles. The Labute approximate surface area is 120 Å². The highest BCUT2D eigenvalue weighted by Gasteiger charge is 2.17. The maximum Gasteiger partial charge on any atom is 0.336 e. The van der Waals surface area contributed by atoms with Crippen LogP contribution in [0.2, 0.25) is 0 Å². The average Bonchev–Trinajstić information content (AvgIpc) is 2.84. The van der Waals surface area contributed by atoms with Crippen molar-refractivity contribution < 1.29 is 14.3 Å². The van der Waals surface area contributed by atoms with Crippen LogP contribution in [-0.4, -0.2) is 20.6 Å². The van der Waals surface area contributed by atoms with Crippen molar-refractivity contribution in [3.8, 4) is 11.4 Å². The van der Waals surface area contributed by atoms with E-state index in [-0.39, 0.29) is 11.4 Å². The van der Waals surface area contributed by atoms with Crippen molar-refractivity contribution in [2.24, 2.45) is 0 Å². The van der Waals surface area contributed by atoms with E-state index in [0.717, 1.165) is 0 Å². The lowest BCUT2D eigenvalue weighted by Crippen LogP contribution is -2.04. The van der Waals surface area contributed by atoms with Crippen LogP contribution in [0.4, 0.5) is 4.39 Å². The molecule has 3 aromatic rings. The standard InChI is InChI=1S/C16H13FN2O2/c1-2-19-14-9-10(17)7-8-13(14)18-15(19)11-5-3-4-6-12(11)16(20)21/h3-9H,2H2,1H3,(H,20,21). The number of imidazole rings is 1. The maximum absolute atomic E-state index is 13.4. The molecule has 0 aliphatic carbocycles. The van der Waals surface area contributed by atoms with Crippen LogP contribution in [0.5, 0.6) is 0 Å². The molecule has 0 radical (unpaired) electrons. The fourth-order valence-corrected chi connectivity index (χ4v) is 2.49. The van der Waals surface area contributed by atoms with Gasteiger partial charge in [0.1, 0.15) is 11.6 Å². The van der Waals surface area contributed by atoms with Crippen LogP contribution in [-0.2, 0) is 6.54 Å². The van der Waals surface area contributed by atoms with E-state index in [1.165, 1.54) is 18.2 Å². The van der Waals surface area contributed by atoms with Gasteiger partial charge in [0.15, 0.2) is 0 Å². The molecule has 0 unspecified atom stereocenters. The molecule has 2 aromatic carbocycles. The molecule has 0 spiro atoms. The number of carboxylic acids is 1. The Morgan fingerprint density at radius 3 is 2.76 bits per heavy atom. The van der Waals surface area contributed by atoms with E-state index in [4.69, 9.17) is 0 Å². The van der Waals surface area contributed by atoms with E-state index >= 15 is 0 Å². The summed E-state index contributed by atoms with van der Waals surface area (Å²) < 4.78 is 15.3. The Hall–Kier alpha value is -2.69. The fraction of sp³-hybridized carbons (Fsp3) is 0.125. The smallest absolute Gasteiger partial charge is 0.336 e. The molecule has 1 N–H and O–H groups in total. The first kappa shape index (κ1) is 13.3. The van der Waals surface area contributed by atoms with Gasteiger partial charge in [-0.2, -0.15) is 0 Å². The molecule has 0 atom stereocenters. The van der Waals surface area contributed by atoms with Crippen LogP contribution in [0, 0.1) is 5.82 Å². The third kappa shape index (κ3) is 2.16. The third-order valence-corrected chi connectivity index (χ3v) is 3.42. The topological polar surface area (TPSA) is 55.1 Å². The number of aryl methyl sites for hydroxylation is 1. The van der Waals surface area contributed by atoms with Crippen LogP contribution >= 0.6 is 0 Å². The highest BCUT2D eigenvalue weighted by atomic mass is 19.1. The lowest BCUT2D eigenvalue weighted by atomic mass is 10.1. The van der Waals surface area contributed by atoms with E-state index in [1.54, 1.807) is 24.3 Å². The number of hydrogen-bond donors (Lipinski definition) is 1. The lowest BCUT2D eigenvalue weighted by molar-refractivity contribution is 0.0697. The van der Waals surface area contributed by atoms with Gasteiger partial charge in [0.05, 0.1) is 16.6 Å². The molecule has 0 saturated carbocycles. The molecule has 0 fully saturated rings. The van der Waals surface area contributed by atoms with Gasteiger partial charge in [-0.15, -0.1) is 0 Å². The molecule has 3 rings (SSSR count). The van der Waals surface area contributed by atoms with Gasteiger partial charge in [0, 0.05) is 12.1 Å². The van der Waals surface area contributed by atoms with E-state index < -0.39 is 5.97 Å². The summed E-state index contributed by atoms with van der Waals surface area (Å²) in [6.07, 6.45) is 0. The van der Waals surface area contributed by atoms with Crippen LogP contribution < -0.4 is 0 Å². The van der Waals surface area contributed by atoms with Crippen molar-refractivity contribution in [2.45, 2.75) is 13.5 Å². The summed E-state index contributed by atoms with van der Waals surface area (Å²) >= 11 is 0. The summed E-state index contributed by atoms with van der Waals surface area (Å²) in [6, 6.07) is 11.1. The van der Waals surface area contributed by atoms with Crippen molar-refractivity contribution in [3.05, 3.63) is 53.8 Å². The van der Waals surface area contributed by atoms with Crippen molar-refractivity contribution in [3.63, 3.8) is 0 Å². The predicted octanol–water partition coefficient (Wildman–Crippen LogP) is 3.56. The molecule has 0 saturated heterocycles. The second-order valence-electron chi connectivity index (χ2n) is 4.66. The van der Waals surface area contributed by atoms with E-state index in [2.05, 4.69) is 4.98 Å². The largest absolute Gasteiger partial charge is 0.478 e. The zero-order chi connectivity index (χ0) is 15.0.